The number of carbonyl (C=O) groups excluding carboxylic acids is 1. The van der Waals surface area contributed by atoms with Crippen LogP contribution in [0.4, 0.5) is 5.69 Å². The van der Waals surface area contributed by atoms with Crippen molar-refractivity contribution in [1.82, 2.24) is 0 Å². The number of rotatable bonds is 4. The molecule has 2 unspecified atom stereocenters. The Hall–Kier alpha value is -2.04. The summed E-state index contributed by atoms with van der Waals surface area (Å²) in [6.07, 6.45) is 0. The molecule has 0 aliphatic rings. The minimum Gasteiger partial charge on any atom is -0.508 e. The van der Waals surface area contributed by atoms with Crippen molar-refractivity contribution < 1.29 is 19.8 Å². The van der Waals surface area contributed by atoms with E-state index in [1.807, 2.05) is 0 Å². The lowest BCUT2D eigenvalue weighted by atomic mass is 9.95. The Balaban J connectivity index is 2.88. The van der Waals surface area contributed by atoms with Gasteiger partial charge in [0.2, 0.25) is 5.91 Å². The van der Waals surface area contributed by atoms with Crippen LogP contribution >= 0.6 is 0 Å². The summed E-state index contributed by atoms with van der Waals surface area (Å²) in [6.45, 7) is 6.58. The van der Waals surface area contributed by atoms with Gasteiger partial charge in [-0.25, -0.2) is 0 Å². The molecule has 0 radical (unpaired) electrons. The first-order chi connectivity index (χ1) is 8.73. The van der Waals surface area contributed by atoms with Gasteiger partial charge in [0.1, 0.15) is 5.75 Å². The molecule has 0 aromatic heterocycles. The van der Waals surface area contributed by atoms with Crippen LogP contribution in [0.25, 0.3) is 0 Å². The van der Waals surface area contributed by atoms with Gasteiger partial charge >= 0.3 is 5.97 Å². The molecule has 0 aliphatic carbocycles. The Morgan fingerprint density at radius 2 is 1.68 bits per heavy atom. The Labute approximate surface area is 112 Å². The Morgan fingerprint density at radius 3 is 2.21 bits per heavy atom. The first-order valence-corrected chi connectivity index (χ1v) is 6.08. The molecule has 1 aromatic rings. The van der Waals surface area contributed by atoms with Crippen LogP contribution in [0.15, 0.2) is 12.1 Å². The number of nitrogens with one attached hydrogen (secondary N) is 1. The van der Waals surface area contributed by atoms with Crippen molar-refractivity contribution in [3.63, 3.8) is 0 Å². The van der Waals surface area contributed by atoms with Gasteiger partial charge in [0.15, 0.2) is 0 Å². The van der Waals surface area contributed by atoms with Gasteiger partial charge in [-0.1, -0.05) is 13.8 Å². The van der Waals surface area contributed by atoms with Crippen LogP contribution in [0.5, 0.6) is 5.75 Å². The Morgan fingerprint density at radius 1 is 1.11 bits per heavy atom. The topological polar surface area (TPSA) is 86.6 Å². The highest BCUT2D eigenvalue weighted by Gasteiger charge is 2.26. The van der Waals surface area contributed by atoms with Crippen LogP contribution in [-0.2, 0) is 9.59 Å². The molecule has 5 nitrogen and oxygen atoms in total. The first kappa shape index (κ1) is 15.0. The first-order valence-electron chi connectivity index (χ1n) is 6.08. The van der Waals surface area contributed by atoms with E-state index in [4.69, 9.17) is 5.11 Å². The van der Waals surface area contributed by atoms with Crippen LogP contribution in [0.2, 0.25) is 0 Å². The number of hydrogen-bond donors (Lipinski definition) is 3. The summed E-state index contributed by atoms with van der Waals surface area (Å²) in [5.41, 5.74) is 1.97. The molecule has 104 valence electrons. The minimum absolute atomic E-state index is 0.169. The molecular formula is C14H19NO4. The number of hydrogen-bond acceptors (Lipinski definition) is 3. The van der Waals surface area contributed by atoms with Gasteiger partial charge in [-0.05, 0) is 37.1 Å². The predicted octanol–water partition coefficient (Wildman–Crippen LogP) is 2.30. The monoisotopic (exact) mass is 265 g/mol. The summed E-state index contributed by atoms with van der Waals surface area (Å²) in [5, 5.41) is 21.1. The molecule has 0 fully saturated rings. The SMILES string of the molecule is Cc1cc(NC(=O)C(C)C(C)C(=O)O)c(C)cc1O. The average molecular weight is 265 g/mol. The zero-order chi connectivity index (χ0) is 14.7. The predicted molar refractivity (Wildman–Crippen MR) is 72.2 cm³/mol. The number of phenolic OH excluding ortho intramolecular Hbond substituents is 1. The summed E-state index contributed by atoms with van der Waals surface area (Å²) in [6, 6.07) is 3.23. The molecule has 0 saturated heterocycles. The molecule has 2 atom stereocenters. The summed E-state index contributed by atoms with van der Waals surface area (Å²) in [5.74, 6) is -2.56. The molecule has 0 bridgehead atoms. The van der Waals surface area contributed by atoms with Gasteiger partial charge in [0.05, 0.1) is 5.92 Å². The van der Waals surface area contributed by atoms with E-state index in [1.165, 1.54) is 6.92 Å². The van der Waals surface area contributed by atoms with E-state index in [0.717, 1.165) is 5.56 Å². The van der Waals surface area contributed by atoms with E-state index in [0.29, 0.717) is 11.3 Å². The van der Waals surface area contributed by atoms with Crippen molar-refractivity contribution in [1.29, 1.82) is 0 Å². The summed E-state index contributed by atoms with van der Waals surface area (Å²) in [7, 11) is 0. The number of carboxylic acids is 1. The Bertz CT molecular complexity index is 510. The summed E-state index contributed by atoms with van der Waals surface area (Å²) < 4.78 is 0. The van der Waals surface area contributed by atoms with Crippen LogP contribution in [-0.4, -0.2) is 22.1 Å². The molecular weight excluding hydrogens is 246 g/mol. The van der Waals surface area contributed by atoms with Gasteiger partial charge < -0.3 is 15.5 Å². The number of phenols is 1. The average Bonchev–Trinajstić information content (AvgIpc) is 2.33. The van der Waals surface area contributed by atoms with E-state index in [-0.39, 0.29) is 11.7 Å². The number of carbonyl (C=O) groups is 2. The maximum absolute atomic E-state index is 12.0. The number of anilines is 1. The third-order valence-electron chi connectivity index (χ3n) is 3.35. The molecule has 0 saturated carbocycles. The van der Waals surface area contributed by atoms with Crippen LogP contribution in [0.3, 0.4) is 0 Å². The third kappa shape index (κ3) is 3.47. The number of aryl methyl sites for hydroxylation is 2. The molecule has 3 N–H and O–H groups in total. The van der Waals surface area contributed by atoms with Gasteiger partial charge in [-0.2, -0.15) is 0 Å². The van der Waals surface area contributed by atoms with E-state index in [9.17, 15) is 14.7 Å². The second-order valence-corrected chi connectivity index (χ2v) is 4.86. The largest absolute Gasteiger partial charge is 0.508 e. The molecule has 0 aliphatic heterocycles. The van der Waals surface area contributed by atoms with Gasteiger partial charge in [-0.3, -0.25) is 9.59 Å². The normalized spacial score (nSPS) is 13.7. The number of carboxylic acid groups (broad SMARTS) is 1. The van der Waals surface area contributed by atoms with E-state index in [2.05, 4.69) is 5.32 Å². The lowest BCUT2D eigenvalue weighted by Crippen LogP contribution is -2.30. The molecule has 5 heteroatoms. The molecule has 1 rings (SSSR count). The number of aliphatic carboxylic acids is 1. The van der Waals surface area contributed by atoms with Gasteiger partial charge in [0, 0.05) is 11.6 Å². The molecule has 1 aromatic carbocycles. The zero-order valence-corrected chi connectivity index (χ0v) is 11.5. The van der Waals surface area contributed by atoms with E-state index < -0.39 is 17.8 Å². The molecule has 0 spiro atoms. The highest BCUT2D eigenvalue weighted by Crippen LogP contribution is 2.25. The third-order valence-corrected chi connectivity index (χ3v) is 3.35. The highest BCUT2D eigenvalue weighted by atomic mass is 16.4. The van der Waals surface area contributed by atoms with E-state index >= 15 is 0 Å². The van der Waals surface area contributed by atoms with Crippen molar-refractivity contribution >= 4 is 17.6 Å². The lowest BCUT2D eigenvalue weighted by Gasteiger charge is -2.17. The van der Waals surface area contributed by atoms with Crippen LogP contribution in [0, 0.1) is 25.7 Å². The fourth-order valence-corrected chi connectivity index (χ4v) is 1.62. The van der Waals surface area contributed by atoms with Crippen LogP contribution in [0.1, 0.15) is 25.0 Å². The molecule has 19 heavy (non-hydrogen) atoms. The fourth-order valence-electron chi connectivity index (χ4n) is 1.62. The standard InChI is InChI=1S/C14H19NO4/c1-7-6-12(16)8(2)5-11(7)15-13(17)9(3)10(4)14(18)19/h5-6,9-10,16H,1-4H3,(H,15,17)(H,18,19). The molecule has 0 heterocycles. The summed E-state index contributed by atoms with van der Waals surface area (Å²) >= 11 is 0. The smallest absolute Gasteiger partial charge is 0.307 e. The number of aromatic hydroxyl groups is 1. The number of benzene rings is 1. The maximum atomic E-state index is 12.0. The van der Waals surface area contributed by atoms with Crippen molar-refractivity contribution in [3.8, 4) is 5.75 Å². The summed E-state index contributed by atoms with van der Waals surface area (Å²) in [4.78, 5) is 22.8. The van der Waals surface area contributed by atoms with Gasteiger partial charge in [-0.15, -0.1) is 0 Å². The second-order valence-electron chi connectivity index (χ2n) is 4.86. The minimum atomic E-state index is -0.999. The number of amides is 1. The van der Waals surface area contributed by atoms with Crippen molar-refractivity contribution in [3.05, 3.63) is 23.3 Å². The van der Waals surface area contributed by atoms with Crippen molar-refractivity contribution in [2.45, 2.75) is 27.7 Å². The van der Waals surface area contributed by atoms with E-state index in [1.54, 1.807) is 32.9 Å². The lowest BCUT2D eigenvalue weighted by molar-refractivity contribution is -0.145. The zero-order valence-electron chi connectivity index (χ0n) is 11.5. The quantitative estimate of drug-likeness (QED) is 0.729. The Kier molecular flexibility index (Phi) is 4.53. The van der Waals surface area contributed by atoms with Crippen molar-refractivity contribution in [2.24, 2.45) is 11.8 Å². The van der Waals surface area contributed by atoms with Crippen LogP contribution < -0.4 is 5.32 Å². The highest BCUT2D eigenvalue weighted by molar-refractivity contribution is 5.95. The second kappa shape index (κ2) is 5.73. The maximum Gasteiger partial charge on any atom is 0.307 e. The van der Waals surface area contributed by atoms with Crippen molar-refractivity contribution in [2.75, 3.05) is 5.32 Å². The molecule has 1 amide bonds. The fraction of sp³-hybridized carbons (Fsp3) is 0.429. The van der Waals surface area contributed by atoms with Gasteiger partial charge in [0.25, 0.3) is 0 Å².